The summed E-state index contributed by atoms with van der Waals surface area (Å²) in [6.45, 7) is 1.92. The Bertz CT molecular complexity index is 568. The van der Waals surface area contributed by atoms with Crippen molar-refractivity contribution in [2.75, 3.05) is 11.1 Å². The van der Waals surface area contributed by atoms with Gasteiger partial charge in [-0.05, 0) is 25.1 Å². The van der Waals surface area contributed by atoms with Gasteiger partial charge in [-0.1, -0.05) is 11.6 Å². The number of benzene rings is 1. The molecule has 0 saturated carbocycles. The van der Waals surface area contributed by atoms with Crippen LogP contribution in [-0.4, -0.2) is 10.9 Å². The highest BCUT2D eigenvalue weighted by molar-refractivity contribution is 7.15. The van der Waals surface area contributed by atoms with Gasteiger partial charge in [0.2, 0.25) is 0 Å². The zero-order chi connectivity index (χ0) is 12.4. The van der Waals surface area contributed by atoms with E-state index in [9.17, 15) is 4.79 Å². The molecule has 4 nitrogen and oxygen atoms in total. The van der Waals surface area contributed by atoms with E-state index in [1.807, 2.05) is 6.92 Å². The van der Waals surface area contributed by atoms with E-state index in [2.05, 4.69) is 10.3 Å². The van der Waals surface area contributed by atoms with Gasteiger partial charge in [0.1, 0.15) is 0 Å². The van der Waals surface area contributed by atoms with E-state index in [-0.39, 0.29) is 5.91 Å². The van der Waals surface area contributed by atoms with Crippen LogP contribution in [0.15, 0.2) is 24.4 Å². The summed E-state index contributed by atoms with van der Waals surface area (Å²) in [4.78, 5) is 17.0. The topological polar surface area (TPSA) is 68.0 Å². The zero-order valence-corrected chi connectivity index (χ0v) is 10.6. The number of nitrogens with zero attached hydrogens (tertiary/aromatic N) is 1. The Morgan fingerprint density at radius 1 is 1.53 bits per heavy atom. The van der Waals surface area contributed by atoms with E-state index in [1.54, 1.807) is 24.4 Å². The Balaban J connectivity index is 2.20. The van der Waals surface area contributed by atoms with Crippen molar-refractivity contribution in [3.8, 4) is 0 Å². The first-order valence-corrected chi connectivity index (χ1v) is 6.04. The number of aromatic nitrogens is 1. The summed E-state index contributed by atoms with van der Waals surface area (Å²) in [5.74, 6) is -0.288. The van der Waals surface area contributed by atoms with Crippen molar-refractivity contribution >= 4 is 39.7 Å². The van der Waals surface area contributed by atoms with Gasteiger partial charge >= 0.3 is 0 Å². The number of hydrogen-bond donors (Lipinski definition) is 2. The smallest absolute Gasteiger partial charge is 0.258 e. The predicted octanol–water partition coefficient (Wildman–Crippen LogP) is 2.94. The van der Waals surface area contributed by atoms with Crippen LogP contribution in [0, 0.1) is 6.92 Å². The number of nitrogen functional groups attached to an aromatic ring is 1. The van der Waals surface area contributed by atoms with Crippen molar-refractivity contribution in [2.45, 2.75) is 6.92 Å². The number of amides is 1. The van der Waals surface area contributed by atoms with Gasteiger partial charge in [-0.25, -0.2) is 4.98 Å². The Morgan fingerprint density at radius 3 is 2.88 bits per heavy atom. The minimum absolute atomic E-state index is 0.288. The highest BCUT2D eigenvalue weighted by atomic mass is 35.5. The molecule has 0 aliphatic heterocycles. The van der Waals surface area contributed by atoms with E-state index >= 15 is 0 Å². The summed E-state index contributed by atoms with van der Waals surface area (Å²) < 4.78 is 0. The summed E-state index contributed by atoms with van der Waals surface area (Å²) >= 11 is 7.35. The van der Waals surface area contributed by atoms with Crippen molar-refractivity contribution in [3.63, 3.8) is 0 Å². The van der Waals surface area contributed by atoms with E-state index in [0.717, 1.165) is 4.88 Å². The highest BCUT2D eigenvalue weighted by Gasteiger charge is 2.12. The monoisotopic (exact) mass is 267 g/mol. The van der Waals surface area contributed by atoms with Crippen LogP contribution in [0.4, 0.5) is 10.8 Å². The number of rotatable bonds is 2. The summed E-state index contributed by atoms with van der Waals surface area (Å²) in [6.07, 6.45) is 1.70. The van der Waals surface area contributed by atoms with Crippen LogP contribution in [-0.2, 0) is 0 Å². The summed E-state index contributed by atoms with van der Waals surface area (Å²) in [6, 6.07) is 4.77. The maximum absolute atomic E-state index is 11.9. The number of thiazole rings is 1. The minimum Gasteiger partial charge on any atom is -0.399 e. The Kier molecular flexibility index (Phi) is 3.31. The molecule has 0 atom stereocenters. The molecule has 0 aliphatic rings. The lowest BCUT2D eigenvalue weighted by Gasteiger charge is -2.04. The SMILES string of the molecule is Cc1cnc(NC(=O)c2ccc(N)cc2Cl)s1. The predicted molar refractivity (Wildman–Crippen MR) is 70.7 cm³/mol. The number of anilines is 2. The average molecular weight is 268 g/mol. The third-order valence-electron chi connectivity index (χ3n) is 2.08. The number of halogens is 1. The lowest BCUT2D eigenvalue weighted by molar-refractivity contribution is 0.102. The van der Waals surface area contributed by atoms with Crippen LogP contribution >= 0.6 is 22.9 Å². The van der Waals surface area contributed by atoms with Gasteiger partial charge in [-0.3, -0.25) is 10.1 Å². The molecule has 0 aliphatic carbocycles. The highest BCUT2D eigenvalue weighted by Crippen LogP contribution is 2.22. The van der Waals surface area contributed by atoms with Crippen molar-refractivity contribution in [2.24, 2.45) is 0 Å². The molecule has 2 rings (SSSR count). The van der Waals surface area contributed by atoms with E-state index < -0.39 is 0 Å². The fourth-order valence-corrected chi connectivity index (χ4v) is 2.23. The molecule has 0 spiro atoms. The van der Waals surface area contributed by atoms with Crippen molar-refractivity contribution < 1.29 is 4.79 Å². The Labute approximate surface area is 107 Å². The largest absolute Gasteiger partial charge is 0.399 e. The van der Waals surface area contributed by atoms with E-state index in [0.29, 0.717) is 21.4 Å². The van der Waals surface area contributed by atoms with Crippen molar-refractivity contribution in [1.29, 1.82) is 0 Å². The van der Waals surface area contributed by atoms with Gasteiger partial charge in [-0.2, -0.15) is 0 Å². The number of carbonyl (C=O) groups is 1. The van der Waals surface area contributed by atoms with E-state index in [1.165, 1.54) is 11.3 Å². The van der Waals surface area contributed by atoms with Crippen LogP contribution in [0.5, 0.6) is 0 Å². The van der Waals surface area contributed by atoms with Gasteiger partial charge < -0.3 is 5.73 Å². The molecule has 88 valence electrons. The molecule has 1 aromatic heterocycles. The maximum atomic E-state index is 11.9. The molecule has 0 bridgehead atoms. The summed E-state index contributed by atoms with van der Waals surface area (Å²) in [7, 11) is 0. The molecular weight excluding hydrogens is 258 g/mol. The van der Waals surface area contributed by atoms with Crippen molar-refractivity contribution in [3.05, 3.63) is 39.9 Å². The molecule has 3 N–H and O–H groups in total. The van der Waals surface area contributed by atoms with Crippen LogP contribution in [0.1, 0.15) is 15.2 Å². The Hall–Kier alpha value is -1.59. The molecule has 1 heterocycles. The van der Waals surface area contributed by atoms with Crippen LogP contribution in [0.3, 0.4) is 0 Å². The summed E-state index contributed by atoms with van der Waals surface area (Å²) in [5.41, 5.74) is 6.46. The van der Waals surface area contributed by atoms with Gasteiger partial charge in [0, 0.05) is 16.8 Å². The lowest BCUT2D eigenvalue weighted by Crippen LogP contribution is -2.12. The maximum Gasteiger partial charge on any atom is 0.258 e. The second-order valence-corrected chi connectivity index (χ2v) is 5.11. The third-order valence-corrected chi connectivity index (χ3v) is 3.22. The standard InChI is InChI=1S/C11H10ClN3OS/c1-6-5-14-11(17-6)15-10(16)8-3-2-7(13)4-9(8)12/h2-5H,13H2,1H3,(H,14,15,16). The molecule has 0 saturated heterocycles. The van der Waals surface area contributed by atoms with Gasteiger partial charge in [0.15, 0.2) is 5.13 Å². The second-order valence-electron chi connectivity index (χ2n) is 3.47. The molecule has 0 unspecified atom stereocenters. The number of nitrogens with one attached hydrogen (secondary N) is 1. The van der Waals surface area contributed by atoms with E-state index in [4.69, 9.17) is 17.3 Å². The first-order valence-electron chi connectivity index (χ1n) is 4.85. The molecule has 0 fully saturated rings. The molecule has 17 heavy (non-hydrogen) atoms. The van der Waals surface area contributed by atoms with Gasteiger partial charge in [0.05, 0.1) is 10.6 Å². The number of carbonyl (C=O) groups excluding carboxylic acids is 1. The van der Waals surface area contributed by atoms with Crippen LogP contribution in [0.25, 0.3) is 0 Å². The van der Waals surface area contributed by atoms with Crippen LogP contribution in [0.2, 0.25) is 5.02 Å². The first kappa shape index (κ1) is 11.9. The van der Waals surface area contributed by atoms with Gasteiger partial charge in [0.25, 0.3) is 5.91 Å². The quantitative estimate of drug-likeness (QED) is 0.822. The number of nitrogens with two attached hydrogens (primary N) is 1. The molecule has 6 heteroatoms. The molecule has 0 radical (unpaired) electrons. The molecule has 2 aromatic rings. The number of aryl methyl sites for hydroxylation is 1. The van der Waals surface area contributed by atoms with Crippen LogP contribution < -0.4 is 11.1 Å². The zero-order valence-electron chi connectivity index (χ0n) is 9.03. The minimum atomic E-state index is -0.288. The lowest BCUT2D eigenvalue weighted by atomic mass is 10.2. The first-order chi connectivity index (χ1) is 8.06. The van der Waals surface area contributed by atoms with Gasteiger partial charge in [-0.15, -0.1) is 11.3 Å². The third kappa shape index (κ3) is 2.75. The fraction of sp³-hybridized carbons (Fsp3) is 0.0909. The normalized spacial score (nSPS) is 10.2. The summed E-state index contributed by atoms with van der Waals surface area (Å²) in [5, 5.41) is 3.57. The van der Waals surface area contributed by atoms with Crippen molar-refractivity contribution in [1.82, 2.24) is 4.98 Å². The molecule has 1 aromatic carbocycles. The second kappa shape index (κ2) is 4.73. The molecule has 1 amide bonds. The molecular formula is C11H10ClN3OS. The number of hydrogen-bond acceptors (Lipinski definition) is 4. The fourth-order valence-electron chi connectivity index (χ4n) is 1.29. The Morgan fingerprint density at radius 2 is 2.29 bits per heavy atom. The average Bonchev–Trinajstić information content (AvgIpc) is 2.63.